The summed E-state index contributed by atoms with van der Waals surface area (Å²) >= 11 is 6.64. The zero-order valence-corrected chi connectivity index (χ0v) is 21.8. The Morgan fingerprint density at radius 1 is 0.973 bits per heavy atom. The number of pyridine rings is 2. The Bertz CT molecular complexity index is 1490. The van der Waals surface area contributed by atoms with Gasteiger partial charge >= 0.3 is 0 Å². The lowest BCUT2D eigenvalue weighted by molar-refractivity contribution is -0.134. The smallest absolute Gasteiger partial charge is 0.244 e. The monoisotopic (exact) mass is 515 g/mol. The van der Waals surface area contributed by atoms with E-state index in [9.17, 15) is 4.79 Å². The minimum atomic E-state index is 0.148. The van der Waals surface area contributed by atoms with Gasteiger partial charge in [0.15, 0.2) is 5.82 Å². The van der Waals surface area contributed by atoms with E-state index < -0.39 is 0 Å². The van der Waals surface area contributed by atoms with Crippen LogP contribution in [0.15, 0.2) is 42.7 Å². The first-order valence-electron chi connectivity index (χ1n) is 12.8. The summed E-state index contributed by atoms with van der Waals surface area (Å²) in [6.45, 7) is 7.01. The van der Waals surface area contributed by atoms with E-state index in [1.807, 2.05) is 42.2 Å². The second-order valence-electron chi connectivity index (χ2n) is 10.0. The predicted octanol–water partition coefficient (Wildman–Crippen LogP) is 4.64. The number of hydrogen-bond acceptors (Lipinski definition) is 6. The molecule has 1 amide bonds. The second-order valence-corrected chi connectivity index (χ2v) is 10.4. The van der Waals surface area contributed by atoms with Crippen LogP contribution >= 0.6 is 11.6 Å². The number of carbonyl (C=O) groups excluding carboxylic acids is 1. The van der Waals surface area contributed by atoms with Crippen LogP contribution in [0.2, 0.25) is 5.02 Å². The van der Waals surface area contributed by atoms with E-state index in [4.69, 9.17) is 16.7 Å². The molecular weight excluding hydrogens is 486 g/mol. The molecule has 3 aromatic heterocycles. The summed E-state index contributed by atoms with van der Waals surface area (Å²) in [5.41, 5.74) is 5.14. The van der Waals surface area contributed by atoms with E-state index in [1.165, 1.54) is 0 Å². The Kier molecular flexibility index (Phi) is 6.30. The number of nitrogens with one attached hydrogen (secondary N) is 2. The van der Waals surface area contributed by atoms with E-state index in [2.05, 4.69) is 44.6 Å². The number of fused-ring (bicyclic) bond motifs is 2. The van der Waals surface area contributed by atoms with Crippen LogP contribution in [0.1, 0.15) is 29.8 Å². The fourth-order valence-electron chi connectivity index (χ4n) is 5.49. The Labute approximate surface area is 221 Å². The number of nitrogens with zero attached hydrogens (tertiary/aromatic N) is 5. The number of piperidine rings is 1. The molecule has 0 radical (unpaired) electrons. The number of halogens is 1. The lowest BCUT2D eigenvalue weighted by Gasteiger charge is -2.33. The van der Waals surface area contributed by atoms with Crippen LogP contribution < -0.4 is 10.6 Å². The van der Waals surface area contributed by atoms with Crippen molar-refractivity contribution >= 4 is 39.9 Å². The first-order chi connectivity index (χ1) is 17.9. The fourth-order valence-corrected chi connectivity index (χ4v) is 5.76. The van der Waals surface area contributed by atoms with Gasteiger partial charge in [-0.3, -0.25) is 14.5 Å². The molecule has 4 aromatic rings. The van der Waals surface area contributed by atoms with Gasteiger partial charge in [0.1, 0.15) is 12.4 Å². The van der Waals surface area contributed by atoms with Gasteiger partial charge < -0.3 is 15.5 Å². The molecule has 2 aliphatic heterocycles. The maximum absolute atomic E-state index is 13.0. The molecule has 8 nitrogen and oxygen atoms in total. The number of amides is 1. The number of aromatic nitrogens is 4. The van der Waals surface area contributed by atoms with Crippen LogP contribution in [0, 0.1) is 13.8 Å². The van der Waals surface area contributed by atoms with Crippen molar-refractivity contribution in [3.05, 3.63) is 64.7 Å². The van der Waals surface area contributed by atoms with Gasteiger partial charge in [-0.1, -0.05) is 11.6 Å². The molecule has 2 aliphatic rings. The maximum Gasteiger partial charge on any atom is 0.244 e. The molecule has 2 N–H and O–H groups in total. The highest BCUT2D eigenvalue weighted by Crippen LogP contribution is 2.34. The van der Waals surface area contributed by atoms with Gasteiger partial charge in [-0.25, -0.2) is 4.98 Å². The molecule has 37 heavy (non-hydrogen) atoms. The van der Waals surface area contributed by atoms with E-state index in [1.54, 1.807) is 0 Å². The molecule has 0 unspecified atom stereocenters. The lowest BCUT2D eigenvalue weighted by atomic mass is 9.99. The highest BCUT2D eigenvalue weighted by atomic mass is 35.5. The van der Waals surface area contributed by atoms with Gasteiger partial charge in [-0.05, 0) is 75.0 Å². The topological polar surface area (TPSA) is 88.0 Å². The van der Waals surface area contributed by atoms with E-state index in [0.29, 0.717) is 22.7 Å². The van der Waals surface area contributed by atoms with Crippen LogP contribution in [-0.2, 0) is 17.8 Å². The molecule has 5 heterocycles. The highest BCUT2D eigenvalue weighted by molar-refractivity contribution is 6.34. The van der Waals surface area contributed by atoms with Crippen LogP contribution in [0.5, 0.6) is 0 Å². The second kappa shape index (κ2) is 9.76. The quantitative estimate of drug-likeness (QED) is 0.411. The molecule has 9 heteroatoms. The number of rotatable bonds is 4. The third kappa shape index (κ3) is 4.79. The minimum absolute atomic E-state index is 0.148. The Balaban J connectivity index is 1.23. The van der Waals surface area contributed by atoms with Crippen LogP contribution in [0.4, 0.5) is 11.6 Å². The van der Waals surface area contributed by atoms with Crippen molar-refractivity contribution in [3.8, 4) is 11.1 Å². The van der Waals surface area contributed by atoms with Crippen molar-refractivity contribution in [1.82, 2.24) is 30.0 Å². The predicted molar refractivity (Wildman–Crippen MR) is 146 cm³/mol. The molecule has 1 fully saturated rings. The fraction of sp³-hybridized carbons (Fsp3) is 0.357. The van der Waals surface area contributed by atoms with Crippen molar-refractivity contribution < 1.29 is 4.79 Å². The summed E-state index contributed by atoms with van der Waals surface area (Å²) in [5.74, 6) is 1.53. The van der Waals surface area contributed by atoms with Crippen LogP contribution in [0.25, 0.3) is 21.9 Å². The van der Waals surface area contributed by atoms with Crippen molar-refractivity contribution in [2.24, 2.45) is 0 Å². The summed E-state index contributed by atoms with van der Waals surface area (Å²) < 4.78 is 1.83. The first-order valence-corrected chi connectivity index (χ1v) is 13.2. The summed E-state index contributed by atoms with van der Waals surface area (Å²) in [5, 5.41) is 14.1. The summed E-state index contributed by atoms with van der Waals surface area (Å²) in [6.07, 6.45) is 6.52. The first kappa shape index (κ1) is 23.9. The molecule has 1 saturated heterocycles. The van der Waals surface area contributed by atoms with Gasteiger partial charge in [0, 0.05) is 70.4 Å². The average Bonchev–Trinajstić information content (AvgIpc) is 3.18. The molecular formula is C28H30ClN7O. The number of anilines is 2. The zero-order chi connectivity index (χ0) is 25.5. The molecule has 0 aliphatic carbocycles. The molecule has 0 spiro atoms. The molecule has 190 valence electrons. The number of carbonyl (C=O) groups is 1. The van der Waals surface area contributed by atoms with Crippen molar-refractivity contribution in [3.63, 3.8) is 0 Å². The largest absolute Gasteiger partial charge is 0.338 e. The van der Waals surface area contributed by atoms with Crippen molar-refractivity contribution in [2.45, 2.75) is 45.7 Å². The van der Waals surface area contributed by atoms with E-state index in [-0.39, 0.29) is 12.5 Å². The van der Waals surface area contributed by atoms with Gasteiger partial charge in [0.25, 0.3) is 0 Å². The van der Waals surface area contributed by atoms with Gasteiger partial charge in [0.05, 0.1) is 0 Å². The summed E-state index contributed by atoms with van der Waals surface area (Å²) in [4.78, 5) is 24.1. The minimum Gasteiger partial charge on any atom is -0.338 e. The summed E-state index contributed by atoms with van der Waals surface area (Å²) in [6, 6.07) is 10.5. The Hall–Kier alpha value is -3.49. The lowest BCUT2D eigenvalue weighted by Crippen LogP contribution is -2.47. The van der Waals surface area contributed by atoms with Crippen molar-refractivity contribution in [1.29, 1.82) is 0 Å². The maximum atomic E-state index is 13.0. The van der Waals surface area contributed by atoms with Crippen LogP contribution in [0.3, 0.4) is 0 Å². The number of aryl methyl sites for hydroxylation is 2. The molecule has 0 atom stereocenters. The normalized spacial score (nSPS) is 16.6. The SMILES string of the molecule is Cc1cc(C)c(-c2cc3cc(Nc4cc5n(n4)CC(=O)N(C4CCNCC4)CC5)ncc3cc2Cl)cn1. The Morgan fingerprint density at radius 2 is 1.81 bits per heavy atom. The molecule has 0 saturated carbocycles. The standard InChI is InChI=1S/C28H30ClN7O/c1-17-9-18(2)31-15-24(17)23-10-19-12-26(32-14-20(19)11-25(23)29)33-27-13-22-5-8-35(21-3-6-30-7-4-21)28(37)16-36(22)34-27/h9-15,21,30H,3-8,16H2,1-2H3,(H,32,33,34). The van der Waals surface area contributed by atoms with Crippen LogP contribution in [-0.4, -0.2) is 56.2 Å². The van der Waals surface area contributed by atoms with Gasteiger partial charge in [-0.15, -0.1) is 0 Å². The average molecular weight is 516 g/mol. The molecule has 6 rings (SSSR count). The number of hydrogen-bond donors (Lipinski definition) is 2. The van der Waals surface area contributed by atoms with E-state index >= 15 is 0 Å². The third-order valence-electron chi connectivity index (χ3n) is 7.43. The number of benzene rings is 1. The van der Waals surface area contributed by atoms with Crippen molar-refractivity contribution in [2.75, 3.05) is 25.0 Å². The molecule has 0 bridgehead atoms. The third-order valence-corrected chi connectivity index (χ3v) is 7.74. The Morgan fingerprint density at radius 3 is 2.62 bits per heavy atom. The van der Waals surface area contributed by atoms with E-state index in [0.717, 1.165) is 77.7 Å². The highest BCUT2D eigenvalue weighted by Gasteiger charge is 2.28. The zero-order valence-electron chi connectivity index (χ0n) is 21.1. The molecule has 1 aromatic carbocycles. The summed E-state index contributed by atoms with van der Waals surface area (Å²) in [7, 11) is 0. The van der Waals surface area contributed by atoms with Gasteiger partial charge in [0.2, 0.25) is 5.91 Å². The van der Waals surface area contributed by atoms with Gasteiger partial charge in [-0.2, -0.15) is 5.10 Å².